The standard InChI is InChI=1S/C15H22O3/c1-9(2)10-7-12-11(14(17)18)5-4-6-15(12,3)13(16)8-10/h10,13,16H,1,4-8H2,2-3H3,(H,17,18)/t10-,13?,15-/m0/s1. The Morgan fingerprint density at radius 3 is 2.72 bits per heavy atom. The lowest BCUT2D eigenvalue weighted by molar-refractivity contribution is -0.133. The van der Waals surface area contributed by atoms with Crippen LogP contribution in [0.15, 0.2) is 23.3 Å². The first kappa shape index (κ1) is 13.3. The summed E-state index contributed by atoms with van der Waals surface area (Å²) in [6.45, 7) is 7.94. The zero-order chi connectivity index (χ0) is 13.5. The van der Waals surface area contributed by atoms with Crippen LogP contribution in [0.2, 0.25) is 0 Å². The lowest BCUT2D eigenvalue weighted by Crippen LogP contribution is -2.43. The van der Waals surface area contributed by atoms with Gasteiger partial charge in [0.1, 0.15) is 0 Å². The molecule has 0 saturated heterocycles. The smallest absolute Gasteiger partial charge is 0.331 e. The van der Waals surface area contributed by atoms with E-state index in [-0.39, 0.29) is 11.3 Å². The lowest BCUT2D eigenvalue weighted by Gasteiger charge is -2.47. The molecule has 2 aliphatic rings. The van der Waals surface area contributed by atoms with Crippen molar-refractivity contribution in [1.29, 1.82) is 0 Å². The van der Waals surface area contributed by atoms with E-state index in [1.54, 1.807) is 0 Å². The van der Waals surface area contributed by atoms with Crippen molar-refractivity contribution in [2.75, 3.05) is 0 Å². The van der Waals surface area contributed by atoms with Gasteiger partial charge >= 0.3 is 5.97 Å². The summed E-state index contributed by atoms with van der Waals surface area (Å²) >= 11 is 0. The van der Waals surface area contributed by atoms with Gasteiger partial charge in [-0.25, -0.2) is 4.79 Å². The van der Waals surface area contributed by atoms with Crippen LogP contribution in [-0.2, 0) is 4.79 Å². The molecule has 0 amide bonds. The summed E-state index contributed by atoms with van der Waals surface area (Å²) in [4.78, 5) is 11.4. The van der Waals surface area contributed by atoms with Crippen LogP contribution in [0.4, 0.5) is 0 Å². The Bertz CT molecular complexity index is 421. The number of hydrogen-bond acceptors (Lipinski definition) is 2. The fourth-order valence-electron chi connectivity index (χ4n) is 3.47. The van der Waals surface area contributed by atoms with Gasteiger partial charge in [0, 0.05) is 11.0 Å². The second-order valence-electron chi connectivity index (χ2n) is 6.03. The van der Waals surface area contributed by atoms with Crippen LogP contribution in [0.1, 0.15) is 46.0 Å². The van der Waals surface area contributed by atoms with E-state index >= 15 is 0 Å². The van der Waals surface area contributed by atoms with E-state index in [0.29, 0.717) is 18.4 Å². The molecule has 3 heteroatoms. The molecule has 2 aliphatic carbocycles. The largest absolute Gasteiger partial charge is 0.478 e. The highest BCUT2D eigenvalue weighted by molar-refractivity contribution is 5.88. The molecule has 0 aromatic rings. The molecule has 0 bridgehead atoms. The average molecular weight is 250 g/mol. The normalized spacial score (nSPS) is 36.2. The molecule has 18 heavy (non-hydrogen) atoms. The summed E-state index contributed by atoms with van der Waals surface area (Å²) < 4.78 is 0. The quantitative estimate of drug-likeness (QED) is 0.741. The minimum Gasteiger partial charge on any atom is -0.478 e. The minimum atomic E-state index is -0.814. The molecule has 1 fully saturated rings. The summed E-state index contributed by atoms with van der Waals surface area (Å²) in [6.07, 6.45) is 3.40. The topological polar surface area (TPSA) is 57.5 Å². The first-order valence-corrected chi connectivity index (χ1v) is 6.65. The highest BCUT2D eigenvalue weighted by atomic mass is 16.4. The van der Waals surface area contributed by atoms with Gasteiger partial charge < -0.3 is 10.2 Å². The minimum absolute atomic E-state index is 0.218. The Balaban J connectivity index is 2.45. The van der Waals surface area contributed by atoms with Crippen molar-refractivity contribution in [2.24, 2.45) is 11.3 Å². The number of aliphatic carboxylic acids is 1. The van der Waals surface area contributed by atoms with Crippen LogP contribution in [0.5, 0.6) is 0 Å². The van der Waals surface area contributed by atoms with E-state index in [2.05, 4.69) is 6.58 Å². The van der Waals surface area contributed by atoms with Crippen molar-refractivity contribution >= 4 is 5.97 Å². The first-order valence-electron chi connectivity index (χ1n) is 6.65. The summed E-state index contributed by atoms with van der Waals surface area (Å²) in [7, 11) is 0. The third-order valence-corrected chi connectivity index (χ3v) is 4.83. The van der Waals surface area contributed by atoms with Gasteiger partial charge in [-0.15, -0.1) is 0 Å². The molecule has 1 saturated carbocycles. The molecule has 2 N–H and O–H groups in total. The second kappa shape index (κ2) is 4.54. The predicted molar refractivity (Wildman–Crippen MR) is 70.2 cm³/mol. The fraction of sp³-hybridized carbons (Fsp3) is 0.667. The summed E-state index contributed by atoms with van der Waals surface area (Å²) in [5.74, 6) is -0.596. The van der Waals surface area contributed by atoms with Crippen molar-refractivity contribution in [3.05, 3.63) is 23.3 Å². The molecule has 0 aliphatic heterocycles. The molecular formula is C15H22O3. The Hall–Kier alpha value is -1.09. The summed E-state index contributed by atoms with van der Waals surface area (Å²) in [5, 5.41) is 19.8. The van der Waals surface area contributed by atoms with Crippen molar-refractivity contribution in [1.82, 2.24) is 0 Å². The zero-order valence-corrected chi connectivity index (χ0v) is 11.2. The Labute approximate surface area is 108 Å². The van der Waals surface area contributed by atoms with E-state index in [9.17, 15) is 15.0 Å². The Morgan fingerprint density at radius 2 is 2.17 bits per heavy atom. The number of fused-ring (bicyclic) bond motifs is 1. The molecule has 0 aromatic heterocycles. The number of rotatable bonds is 2. The Kier molecular flexibility index (Phi) is 3.37. The van der Waals surface area contributed by atoms with Gasteiger partial charge in [0.05, 0.1) is 6.10 Å². The van der Waals surface area contributed by atoms with Crippen LogP contribution in [-0.4, -0.2) is 22.3 Å². The number of carboxylic acid groups (broad SMARTS) is 1. The summed E-state index contributed by atoms with van der Waals surface area (Å²) in [5.41, 5.74) is 2.21. The van der Waals surface area contributed by atoms with E-state index < -0.39 is 12.1 Å². The molecule has 0 radical (unpaired) electrons. The van der Waals surface area contributed by atoms with Crippen LogP contribution in [0.25, 0.3) is 0 Å². The number of aliphatic hydroxyl groups is 1. The van der Waals surface area contributed by atoms with Gasteiger partial charge in [-0.1, -0.05) is 24.6 Å². The van der Waals surface area contributed by atoms with E-state index in [1.807, 2.05) is 13.8 Å². The van der Waals surface area contributed by atoms with Crippen molar-refractivity contribution in [2.45, 2.75) is 52.1 Å². The van der Waals surface area contributed by atoms with Crippen molar-refractivity contribution in [3.8, 4) is 0 Å². The van der Waals surface area contributed by atoms with Crippen LogP contribution in [0.3, 0.4) is 0 Å². The third-order valence-electron chi connectivity index (χ3n) is 4.83. The van der Waals surface area contributed by atoms with Crippen LogP contribution < -0.4 is 0 Å². The van der Waals surface area contributed by atoms with Gasteiger partial charge in [-0.2, -0.15) is 0 Å². The van der Waals surface area contributed by atoms with Gasteiger partial charge in [-0.3, -0.25) is 0 Å². The maximum atomic E-state index is 11.4. The molecule has 0 spiro atoms. The number of allylic oxidation sites excluding steroid dienone is 1. The third kappa shape index (κ3) is 2.01. The lowest BCUT2D eigenvalue weighted by atomic mass is 9.59. The molecule has 0 heterocycles. The van der Waals surface area contributed by atoms with E-state index in [4.69, 9.17) is 0 Å². The van der Waals surface area contributed by atoms with Crippen LogP contribution in [0, 0.1) is 11.3 Å². The highest BCUT2D eigenvalue weighted by Gasteiger charge is 2.46. The molecule has 100 valence electrons. The number of carboxylic acids is 1. The van der Waals surface area contributed by atoms with E-state index in [1.165, 1.54) is 0 Å². The fourth-order valence-corrected chi connectivity index (χ4v) is 3.47. The van der Waals surface area contributed by atoms with Gasteiger partial charge in [-0.05, 0) is 44.9 Å². The molecule has 3 nitrogen and oxygen atoms in total. The zero-order valence-electron chi connectivity index (χ0n) is 11.2. The molecular weight excluding hydrogens is 228 g/mol. The SMILES string of the molecule is C=C(C)[C@H]1CC2=C(C(=O)O)CCC[C@]2(C)C(O)C1. The molecule has 0 aromatic carbocycles. The first-order chi connectivity index (χ1) is 8.36. The highest BCUT2D eigenvalue weighted by Crippen LogP contribution is 2.52. The van der Waals surface area contributed by atoms with Gasteiger partial charge in [0.15, 0.2) is 0 Å². The van der Waals surface area contributed by atoms with Crippen molar-refractivity contribution < 1.29 is 15.0 Å². The molecule has 3 atom stereocenters. The van der Waals surface area contributed by atoms with Gasteiger partial charge in [0.25, 0.3) is 0 Å². The molecule has 1 unspecified atom stereocenters. The number of aliphatic hydroxyl groups excluding tert-OH is 1. The monoisotopic (exact) mass is 250 g/mol. The number of hydrogen-bond donors (Lipinski definition) is 2. The number of carbonyl (C=O) groups is 1. The molecule has 2 rings (SSSR count). The Morgan fingerprint density at radius 1 is 1.50 bits per heavy atom. The van der Waals surface area contributed by atoms with Crippen molar-refractivity contribution in [3.63, 3.8) is 0 Å². The summed E-state index contributed by atoms with van der Waals surface area (Å²) in [6, 6.07) is 0. The van der Waals surface area contributed by atoms with Crippen LogP contribution >= 0.6 is 0 Å². The predicted octanol–water partition coefficient (Wildman–Crippen LogP) is 2.90. The van der Waals surface area contributed by atoms with Gasteiger partial charge in [0.2, 0.25) is 0 Å². The maximum Gasteiger partial charge on any atom is 0.331 e. The second-order valence-corrected chi connectivity index (χ2v) is 6.03. The maximum absolute atomic E-state index is 11.4. The average Bonchev–Trinajstić information content (AvgIpc) is 2.29. The van der Waals surface area contributed by atoms with E-state index in [0.717, 1.165) is 30.4 Å².